The Hall–Kier alpha value is -2.05. The van der Waals surface area contributed by atoms with Gasteiger partial charge in [0.2, 0.25) is 0 Å². The monoisotopic (exact) mass is 261 g/mol. The lowest BCUT2D eigenvalue weighted by atomic mass is 10.2. The first kappa shape index (κ1) is 12.4. The van der Waals surface area contributed by atoms with E-state index in [1.165, 1.54) is 6.07 Å². The van der Waals surface area contributed by atoms with E-state index >= 15 is 0 Å². The summed E-state index contributed by atoms with van der Waals surface area (Å²) in [6.07, 6.45) is 0. The molecule has 2 aromatic carbocycles. The Balaban J connectivity index is 2.19. The second-order valence-electron chi connectivity index (χ2n) is 3.60. The van der Waals surface area contributed by atoms with E-state index in [2.05, 4.69) is 0 Å². The van der Waals surface area contributed by atoms with Crippen molar-refractivity contribution in [3.05, 3.63) is 64.4 Å². The molecule has 0 fully saturated rings. The molecule has 0 aliphatic rings. The van der Waals surface area contributed by atoms with Gasteiger partial charge in [-0.15, -0.1) is 0 Å². The first-order valence-corrected chi connectivity index (χ1v) is 5.65. The third-order valence-corrected chi connectivity index (χ3v) is 2.74. The molecule has 0 N–H and O–H groups in total. The number of halogens is 2. The minimum Gasteiger partial charge on any atom is -0.487 e. The standard InChI is InChI=1S/C14H9ClFNO/c15-12-5-3-7-14(11(12)8-17)18-9-10-4-1-2-6-13(10)16/h1-7H,9H2. The van der Waals surface area contributed by atoms with Gasteiger partial charge in [-0.1, -0.05) is 35.9 Å². The normalized spacial score (nSPS) is 9.83. The second kappa shape index (κ2) is 5.52. The number of benzene rings is 2. The van der Waals surface area contributed by atoms with Crippen LogP contribution in [0.5, 0.6) is 5.75 Å². The summed E-state index contributed by atoms with van der Waals surface area (Å²) in [5.41, 5.74) is 0.692. The fourth-order valence-corrected chi connectivity index (χ4v) is 1.71. The van der Waals surface area contributed by atoms with Crippen LogP contribution in [0.1, 0.15) is 11.1 Å². The average Bonchev–Trinajstić information content (AvgIpc) is 2.38. The highest BCUT2D eigenvalue weighted by Gasteiger charge is 2.08. The van der Waals surface area contributed by atoms with Gasteiger partial charge in [0.05, 0.1) is 5.02 Å². The molecule has 18 heavy (non-hydrogen) atoms. The molecule has 2 rings (SSSR count). The summed E-state index contributed by atoms with van der Waals surface area (Å²) in [6, 6.07) is 13.2. The van der Waals surface area contributed by atoms with Crippen LogP contribution >= 0.6 is 11.6 Å². The van der Waals surface area contributed by atoms with Crippen LogP contribution in [0.25, 0.3) is 0 Å². The highest BCUT2D eigenvalue weighted by Crippen LogP contribution is 2.26. The van der Waals surface area contributed by atoms with E-state index < -0.39 is 0 Å². The van der Waals surface area contributed by atoms with E-state index in [9.17, 15) is 4.39 Å². The van der Waals surface area contributed by atoms with Crippen LogP contribution in [0.15, 0.2) is 42.5 Å². The molecule has 4 heteroatoms. The lowest BCUT2D eigenvalue weighted by Crippen LogP contribution is -1.99. The number of nitrogens with zero attached hydrogens (tertiary/aromatic N) is 1. The highest BCUT2D eigenvalue weighted by atomic mass is 35.5. The van der Waals surface area contributed by atoms with Crippen molar-refractivity contribution in [1.29, 1.82) is 5.26 Å². The Morgan fingerprint density at radius 3 is 2.67 bits per heavy atom. The van der Waals surface area contributed by atoms with Crippen molar-refractivity contribution >= 4 is 11.6 Å². The van der Waals surface area contributed by atoms with Crippen molar-refractivity contribution in [1.82, 2.24) is 0 Å². The molecule has 0 aliphatic carbocycles. The lowest BCUT2D eigenvalue weighted by Gasteiger charge is -2.09. The summed E-state index contributed by atoms with van der Waals surface area (Å²) in [4.78, 5) is 0. The van der Waals surface area contributed by atoms with E-state index in [-0.39, 0.29) is 18.0 Å². The van der Waals surface area contributed by atoms with Gasteiger partial charge in [-0.05, 0) is 18.2 Å². The van der Waals surface area contributed by atoms with Crippen molar-refractivity contribution in [2.75, 3.05) is 0 Å². The molecule has 0 bridgehead atoms. The average molecular weight is 262 g/mol. The van der Waals surface area contributed by atoms with Gasteiger partial charge < -0.3 is 4.74 Å². The number of ether oxygens (including phenoxy) is 1. The first-order valence-electron chi connectivity index (χ1n) is 5.27. The van der Waals surface area contributed by atoms with Crippen LogP contribution in [-0.4, -0.2) is 0 Å². The maximum atomic E-state index is 13.4. The van der Waals surface area contributed by atoms with Crippen LogP contribution in [0, 0.1) is 17.1 Å². The summed E-state index contributed by atoms with van der Waals surface area (Å²) in [7, 11) is 0. The third kappa shape index (κ3) is 2.61. The van der Waals surface area contributed by atoms with Crippen molar-refractivity contribution in [2.45, 2.75) is 6.61 Å². The molecule has 0 saturated heterocycles. The van der Waals surface area contributed by atoms with Crippen LogP contribution in [0.2, 0.25) is 5.02 Å². The summed E-state index contributed by atoms with van der Waals surface area (Å²) < 4.78 is 18.8. The Bertz CT molecular complexity index is 607. The molecule has 0 amide bonds. The molecule has 0 radical (unpaired) electrons. The molecule has 0 spiro atoms. The smallest absolute Gasteiger partial charge is 0.139 e. The second-order valence-corrected chi connectivity index (χ2v) is 4.01. The topological polar surface area (TPSA) is 33.0 Å². The predicted molar refractivity (Wildman–Crippen MR) is 66.9 cm³/mol. The maximum absolute atomic E-state index is 13.4. The molecule has 0 unspecified atom stereocenters. The van der Waals surface area contributed by atoms with E-state index in [0.717, 1.165) is 0 Å². The van der Waals surface area contributed by atoms with Gasteiger partial charge in [0.15, 0.2) is 0 Å². The molecule has 2 nitrogen and oxygen atoms in total. The Kier molecular flexibility index (Phi) is 3.81. The number of nitriles is 1. The predicted octanol–water partition coefficient (Wildman–Crippen LogP) is 3.93. The van der Waals surface area contributed by atoms with Gasteiger partial charge in [-0.25, -0.2) is 4.39 Å². The van der Waals surface area contributed by atoms with Crippen LogP contribution in [-0.2, 0) is 6.61 Å². The van der Waals surface area contributed by atoms with Crippen molar-refractivity contribution in [2.24, 2.45) is 0 Å². The largest absolute Gasteiger partial charge is 0.487 e. The molecule has 0 atom stereocenters. The SMILES string of the molecule is N#Cc1c(Cl)cccc1OCc1ccccc1F. The summed E-state index contributed by atoms with van der Waals surface area (Å²) in [6.45, 7) is 0.0572. The zero-order valence-electron chi connectivity index (χ0n) is 9.36. The van der Waals surface area contributed by atoms with E-state index in [1.54, 1.807) is 36.4 Å². The summed E-state index contributed by atoms with van der Waals surface area (Å²) >= 11 is 5.87. The van der Waals surface area contributed by atoms with E-state index in [4.69, 9.17) is 21.6 Å². The number of hydrogen-bond donors (Lipinski definition) is 0. The zero-order valence-corrected chi connectivity index (χ0v) is 10.1. The minimum absolute atomic E-state index is 0.0572. The molecule has 0 aliphatic heterocycles. The summed E-state index contributed by atoms with van der Waals surface area (Å²) in [5.74, 6) is 0.0197. The number of hydrogen-bond acceptors (Lipinski definition) is 2. The number of rotatable bonds is 3. The first-order chi connectivity index (χ1) is 8.72. The summed E-state index contributed by atoms with van der Waals surface area (Å²) in [5, 5.41) is 9.29. The van der Waals surface area contributed by atoms with Gasteiger partial charge in [0.1, 0.15) is 29.8 Å². The zero-order chi connectivity index (χ0) is 13.0. The molecule has 0 heterocycles. The quantitative estimate of drug-likeness (QED) is 0.839. The van der Waals surface area contributed by atoms with Crippen LogP contribution in [0.4, 0.5) is 4.39 Å². The molecule has 2 aromatic rings. The van der Waals surface area contributed by atoms with Crippen LogP contribution < -0.4 is 4.74 Å². The van der Waals surface area contributed by atoms with Gasteiger partial charge in [0, 0.05) is 5.56 Å². The van der Waals surface area contributed by atoms with Crippen molar-refractivity contribution in [3.8, 4) is 11.8 Å². The van der Waals surface area contributed by atoms with Crippen LogP contribution in [0.3, 0.4) is 0 Å². The van der Waals surface area contributed by atoms with Gasteiger partial charge in [-0.2, -0.15) is 5.26 Å². The van der Waals surface area contributed by atoms with E-state index in [1.807, 2.05) is 6.07 Å². The Labute approximate surface area is 109 Å². The minimum atomic E-state index is -0.335. The highest BCUT2D eigenvalue weighted by molar-refractivity contribution is 6.31. The molecule has 90 valence electrons. The fraction of sp³-hybridized carbons (Fsp3) is 0.0714. The molecular weight excluding hydrogens is 253 g/mol. The molecule has 0 aromatic heterocycles. The van der Waals surface area contributed by atoms with Gasteiger partial charge >= 0.3 is 0 Å². The van der Waals surface area contributed by atoms with Gasteiger partial charge in [-0.3, -0.25) is 0 Å². The third-order valence-electron chi connectivity index (χ3n) is 2.43. The molecule has 0 saturated carbocycles. The van der Waals surface area contributed by atoms with E-state index in [0.29, 0.717) is 16.3 Å². The van der Waals surface area contributed by atoms with Crippen molar-refractivity contribution < 1.29 is 9.13 Å². The van der Waals surface area contributed by atoms with Crippen molar-refractivity contribution in [3.63, 3.8) is 0 Å². The fourth-order valence-electron chi connectivity index (χ4n) is 1.50. The van der Waals surface area contributed by atoms with Gasteiger partial charge in [0.25, 0.3) is 0 Å². The maximum Gasteiger partial charge on any atom is 0.139 e. The lowest BCUT2D eigenvalue weighted by molar-refractivity contribution is 0.299. The Morgan fingerprint density at radius 2 is 1.94 bits per heavy atom. The molecular formula is C14H9ClFNO. The Morgan fingerprint density at radius 1 is 1.17 bits per heavy atom.